The summed E-state index contributed by atoms with van der Waals surface area (Å²) in [6.45, 7) is 4.14. The molecule has 2 heterocycles. The molecular weight excluding hydrogens is 448 g/mol. The number of phenolic OH excluding ortho intramolecular Hbond substituents is 2. The van der Waals surface area contributed by atoms with Gasteiger partial charge in [0.2, 0.25) is 0 Å². The number of benzene rings is 2. The third-order valence-electron chi connectivity index (χ3n) is 6.81. The van der Waals surface area contributed by atoms with Crippen LogP contribution in [0.4, 0.5) is 0 Å². The minimum absolute atomic E-state index is 0.0261. The van der Waals surface area contributed by atoms with Crippen LogP contribution in [0.3, 0.4) is 0 Å². The molecule has 2 aromatic carbocycles. The molecule has 0 aromatic heterocycles. The SMILES string of the molecule is CCC1CC(CCCC(O)CC2C[C@H](C)OC(c3ccc(O)cc3)O2)OC(c2ccc(O)cc2)O1. The largest absolute Gasteiger partial charge is 0.508 e. The van der Waals surface area contributed by atoms with Crippen molar-refractivity contribution < 1.29 is 34.3 Å². The van der Waals surface area contributed by atoms with E-state index >= 15 is 0 Å². The molecule has 3 N–H and O–H groups in total. The number of hydrogen-bond donors (Lipinski definition) is 3. The predicted octanol–water partition coefficient (Wildman–Crippen LogP) is 5.49. The summed E-state index contributed by atoms with van der Waals surface area (Å²) in [7, 11) is 0. The highest BCUT2D eigenvalue weighted by atomic mass is 16.7. The molecule has 4 rings (SSSR count). The average Bonchev–Trinajstić information content (AvgIpc) is 2.84. The van der Waals surface area contributed by atoms with Gasteiger partial charge in [0.15, 0.2) is 12.6 Å². The second kappa shape index (κ2) is 12.2. The van der Waals surface area contributed by atoms with Crippen molar-refractivity contribution in [1.29, 1.82) is 0 Å². The molecule has 0 bridgehead atoms. The summed E-state index contributed by atoms with van der Waals surface area (Å²) in [5.41, 5.74) is 1.76. The lowest BCUT2D eigenvalue weighted by Crippen LogP contribution is -2.35. The van der Waals surface area contributed by atoms with Crippen LogP contribution >= 0.6 is 0 Å². The highest BCUT2D eigenvalue weighted by Gasteiger charge is 2.32. The Balaban J connectivity index is 1.24. The smallest absolute Gasteiger partial charge is 0.184 e. The van der Waals surface area contributed by atoms with E-state index in [1.54, 1.807) is 36.4 Å². The molecule has 0 radical (unpaired) electrons. The highest BCUT2D eigenvalue weighted by Crippen LogP contribution is 2.35. The molecular formula is C28H38O7. The Morgan fingerprint density at radius 3 is 1.91 bits per heavy atom. The molecule has 7 heteroatoms. The van der Waals surface area contributed by atoms with Gasteiger partial charge in [0.05, 0.1) is 30.5 Å². The van der Waals surface area contributed by atoms with E-state index in [1.165, 1.54) is 0 Å². The van der Waals surface area contributed by atoms with Crippen LogP contribution in [-0.4, -0.2) is 45.8 Å². The van der Waals surface area contributed by atoms with Crippen LogP contribution in [-0.2, 0) is 18.9 Å². The van der Waals surface area contributed by atoms with Gasteiger partial charge in [-0.05, 0) is 69.7 Å². The van der Waals surface area contributed by atoms with E-state index in [1.807, 2.05) is 19.1 Å². The van der Waals surface area contributed by atoms with Crippen LogP contribution in [0.2, 0.25) is 0 Å². The fourth-order valence-electron chi connectivity index (χ4n) is 4.87. The molecule has 35 heavy (non-hydrogen) atoms. The average molecular weight is 487 g/mol. The minimum Gasteiger partial charge on any atom is -0.508 e. The summed E-state index contributed by atoms with van der Waals surface area (Å²) < 4.78 is 24.4. The zero-order valence-electron chi connectivity index (χ0n) is 20.6. The van der Waals surface area contributed by atoms with Gasteiger partial charge in [0.1, 0.15) is 11.5 Å². The van der Waals surface area contributed by atoms with Gasteiger partial charge in [0, 0.05) is 17.5 Å². The quantitative estimate of drug-likeness (QED) is 0.431. The first-order valence-corrected chi connectivity index (χ1v) is 12.8. The van der Waals surface area contributed by atoms with Crippen molar-refractivity contribution in [2.75, 3.05) is 0 Å². The highest BCUT2D eigenvalue weighted by molar-refractivity contribution is 5.27. The first-order valence-electron chi connectivity index (χ1n) is 12.8. The van der Waals surface area contributed by atoms with Crippen molar-refractivity contribution in [3.63, 3.8) is 0 Å². The molecule has 0 aliphatic carbocycles. The number of rotatable bonds is 9. The van der Waals surface area contributed by atoms with Crippen molar-refractivity contribution in [3.8, 4) is 11.5 Å². The number of hydrogen-bond acceptors (Lipinski definition) is 7. The van der Waals surface area contributed by atoms with Gasteiger partial charge in [-0.2, -0.15) is 0 Å². The Hall–Kier alpha value is -2.16. The van der Waals surface area contributed by atoms with Crippen molar-refractivity contribution in [2.24, 2.45) is 0 Å². The zero-order valence-corrected chi connectivity index (χ0v) is 20.6. The number of phenols is 2. The fourth-order valence-corrected chi connectivity index (χ4v) is 4.87. The molecule has 7 atom stereocenters. The lowest BCUT2D eigenvalue weighted by molar-refractivity contribution is -0.250. The van der Waals surface area contributed by atoms with E-state index < -0.39 is 18.7 Å². The van der Waals surface area contributed by atoms with E-state index in [0.717, 1.165) is 43.2 Å². The monoisotopic (exact) mass is 486 g/mol. The zero-order chi connectivity index (χ0) is 24.8. The number of aromatic hydroxyl groups is 2. The molecule has 0 amide bonds. The van der Waals surface area contributed by atoms with Crippen molar-refractivity contribution in [2.45, 2.75) is 102 Å². The Morgan fingerprint density at radius 1 is 0.771 bits per heavy atom. The third kappa shape index (κ3) is 7.41. The molecule has 0 spiro atoms. The van der Waals surface area contributed by atoms with E-state index in [0.29, 0.717) is 12.8 Å². The predicted molar refractivity (Wildman–Crippen MR) is 131 cm³/mol. The second-order valence-corrected chi connectivity index (χ2v) is 9.77. The Morgan fingerprint density at radius 2 is 1.31 bits per heavy atom. The molecule has 6 unspecified atom stereocenters. The summed E-state index contributed by atoms with van der Waals surface area (Å²) in [4.78, 5) is 0. The molecule has 2 aromatic rings. The Bertz CT molecular complexity index is 901. The maximum atomic E-state index is 10.7. The molecule has 2 fully saturated rings. The van der Waals surface area contributed by atoms with Gasteiger partial charge in [0.25, 0.3) is 0 Å². The molecule has 2 aliphatic heterocycles. The summed E-state index contributed by atoms with van der Waals surface area (Å²) in [6, 6.07) is 13.8. The van der Waals surface area contributed by atoms with Gasteiger partial charge in [-0.3, -0.25) is 0 Å². The van der Waals surface area contributed by atoms with Crippen LogP contribution in [0.1, 0.15) is 82.5 Å². The number of aliphatic hydroxyl groups is 1. The van der Waals surface area contributed by atoms with E-state index in [4.69, 9.17) is 18.9 Å². The third-order valence-corrected chi connectivity index (χ3v) is 6.81. The number of ether oxygens (including phenoxy) is 4. The fraction of sp³-hybridized carbons (Fsp3) is 0.571. The lowest BCUT2D eigenvalue weighted by Gasteiger charge is -2.36. The lowest BCUT2D eigenvalue weighted by atomic mass is 9.97. The first-order chi connectivity index (χ1) is 16.9. The topological polar surface area (TPSA) is 97.6 Å². The van der Waals surface area contributed by atoms with E-state index in [2.05, 4.69) is 6.92 Å². The van der Waals surface area contributed by atoms with Crippen LogP contribution < -0.4 is 0 Å². The van der Waals surface area contributed by atoms with E-state index in [9.17, 15) is 15.3 Å². The Labute approximate surface area is 207 Å². The van der Waals surface area contributed by atoms with Gasteiger partial charge >= 0.3 is 0 Å². The van der Waals surface area contributed by atoms with Crippen molar-refractivity contribution in [3.05, 3.63) is 59.7 Å². The minimum atomic E-state index is -0.491. The number of aliphatic hydroxyl groups excluding tert-OH is 1. The molecule has 0 saturated carbocycles. The van der Waals surface area contributed by atoms with Crippen LogP contribution in [0, 0.1) is 0 Å². The second-order valence-electron chi connectivity index (χ2n) is 9.77. The van der Waals surface area contributed by atoms with Crippen molar-refractivity contribution >= 4 is 0 Å². The normalized spacial score (nSPS) is 30.1. The molecule has 2 saturated heterocycles. The first kappa shape index (κ1) is 25.9. The van der Waals surface area contributed by atoms with Crippen LogP contribution in [0.5, 0.6) is 11.5 Å². The summed E-state index contributed by atoms with van der Waals surface area (Å²) in [6.07, 6.45) is 4.20. The van der Waals surface area contributed by atoms with Gasteiger partial charge in [-0.15, -0.1) is 0 Å². The maximum absolute atomic E-state index is 10.7. The standard InChI is InChI=1S/C28H38O7/c1-3-24-17-25(34-28(33-24)20-9-13-22(30)14-10-20)6-4-5-23(31)16-26-15-18(2)32-27(35-26)19-7-11-21(29)12-8-19/h7-14,18,23-31H,3-6,15-17H2,1-2H3/t18-,23?,24?,25?,26?,27?,28?/m0/s1. The Kier molecular flexibility index (Phi) is 9.03. The summed E-state index contributed by atoms with van der Waals surface area (Å²) in [5.74, 6) is 0.428. The maximum Gasteiger partial charge on any atom is 0.184 e. The van der Waals surface area contributed by atoms with Crippen LogP contribution in [0.25, 0.3) is 0 Å². The molecule has 7 nitrogen and oxygen atoms in total. The summed E-state index contributed by atoms with van der Waals surface area (Å²) >= 11 is 0. The van der Waals surface area contributed by atoms with Crippen molar-refractivity contribution in [1.82, 2.24) is 0 Å². The van der Waals surface area contributed by atoms with Gasteiger partial charge < -0.3 is 34.3 Å². The van der Waals surface area contributed by atoms with Crippen LogP contribution in [0.15, 0.2) is 48.5 Å². The molecule has 2 aliphatic rings. The summed E-state index contributed by atoms with van der Waals surface area (Å²) in [5, 5.41) is 29.8. The molecule has 192 valence electrons. The van der Waals surface area contributed by atoms with E-state index in [-0.39, 0.29) is 35.9 Å². The van der Waals surface area contributed by atoms with Gasteiger partial charge in [-0.25, -0.2) is 0 Å². The van der Waals surface area contributed by atoms with Gasteiger partial charge in [-0.1, -0.05) is 31.2 Å².